The van der Waals surface area contributed by atoms with E-state index in [1.165, 1.54) is 0 Å². The number of carbonyl (C=O) groups is 4. The molecule has 1 aliphatic rings. The molecule has 22 nitrogen and oxygen atoms in total. The van der Waals surface area contributed by atoms with Gasteiger partial charge in [-0.25, -0.2) is 9.65 Å². The molecule has 3 rings (SSSR count). The maximum Gasteiger partial charge on any atom is 0.368 e. The molecule has 2 aromatic carbocycles. The number of aromatic hydroxyl groups is 1. The van der Waals surface area contributed by atoms with E-state index in [0.29, 0.717) is 95.4 Å². The lowest BCUT2D eigenvalue weighted by molar-refractivity contribution is -0.133. The lowest BCUT2D eigenvalue weighted by Gasteiger charge is -2.26. The molecule has 1 aliphatic heterocycles. The second-order valence-electron chi connectivity index (χ2n) is 17.1. The number of aliphatic imine (C=N–C) groups is 1. The van der Waals surface area contributed by atoms with Gasteiger partial charge in [-0.15, -0.1) is 0 Å². The Kier molecular flexibility index (Phi) is 30.2. The number of guanidine groups is 1. The average Bonchev–Trinajstić information content (AvgIpc) is 3.33. The second-order valence-corrected chi connectivity index (χ2v) is 19.0. The zero-order valence-corrected chi connectivity index (χ0v) is 42.7. The van der Waals surface area contributed by atoms with Crippen LogP contribution in [0.2, 0.25) is 0 Å². The fourth-order valence-electron chi connectivity index (χ4n) is 7.33. The van der Waals surface area contributed by atoms with Crippen molar-refractivity contribution in [3.63, 3.8) is 0 Å². The number of carbonyl (C=O) groups excluding carboxylic acids is 4. The molecule has 23 heteroatoms. The number of benzene rings is 2. The van der Waals surface area contributed by atoms with Gasteiger partial charge in [0.1, 0.15) is 23.9 Å². The Morgan fingerprint density at radius 2 is 1.39 bits per heavy atom. The summed E-state index contributed by atoms with van der Waals surface area (Å²) in [6, 6.07) is 7.58. The Bertz CT molecular complexity index is 1930. The molecule has 1 heterocycles. The predicted octanol–water partition coefficient (Wildman–Crippen LogP) is 1.54. The Hall–Kier alpha value is -4.74. The fraction of sp³-hybridized carbons (Fsp3) is 0.646. The third-order valence-electron chi connectivity index (χ3n) is 11.2. The van der Waals surface area contributed by atoms with Gasteiger partial charge >= 0.3 is 7.67 Å². The number of nitrogens with zero attached hydrogens (tertiary/aromatic N) is 1. The summed E-state index contributed by atoms with van der Waals surface area (Å²) >= 11 is 0. The molecule has 1 unspecified atom stereocenters. The Balaban J connectivity index is 1.58. The number of nitrogens with two attached hydrogens (primary N) is 3. The first-order valence-electron chi connectivity index (χ1n) is 24.5. The predicted molar refractivity (Wildman–Crippen MR) is 268 cm³/mol. The van der Waals surface area contributed by atoms with Gasteiger partial charge in [-0.2, -0.15) is 0 Å². The van der Waals surface area contributed by atoms with Crippen LogP contribution in [0.1, 0.15) is 73.6 Å². The second kappa shape index (κ2) is 35.4. The van der Waals surface area contributed by atoms with Crippen molar-refractivity contribution in [3.05, 3.63) is 64.7 Å². The molecule has 400 valence electrons. The molecular weight excluding hydrogens is 942 g/mol. The standard InChI is InChI=1S/C48H80N9O13P/c1-35-31-38(58)32-36(2)39(35)34-43-47(62)54-41(46(61)55-42(44(50)59)33-37-13-6-4-7-14-37)16-8-9-18-53-71(63,57-48(51)52-17-12-15-40(49)45(60)56-43)70-30-29-69-28-27-68-26-24-66-20-11-5-10-19-65-23-25-67-22-21-64-3/h4,6-7,13-14,31-32,40-43,58H,5,8-12,15-30,33-34,49H2,1-3H3,(H2,50,59)(H,54,62)(H,55,61)(H,56,60)(H4,51,52,53,57,63)/t40-,41+,42+,43+,71?/m1/s1. The molecule has 0 fully saturated rings. The fourth-order valence-corrected chi connectivity index (χ4v) is 8.72. The number of phenols is 1. The van der Waals surface area contributed by atoms with Crippen molar-refractivity contribution in [2.45, 2.75) is 102 Å². The zero-order chi connectivity index (χ0) is 51.7. The minimum Gasteiger partial charge on any atom is -0.508 e. The van der Waals surface area contributed by atoms with Crippen LogP contribution in [0.25, 0.3) is 0 Å². The molecule has 2 aromatic rings. The molecule has 0 saturated carbocycles. The molecule has 71 heavy (non-hydrogen) atoms. The van der Waals surface area contributed by atoms with Gasteiger partial charge in [0.2, 0.25) is 23.6 Å². The van der Waals surface area contributed by atoms with Crippen LogP contribution in [0.4, 0.5) is 0 Å². The third-order valence-corrected chi connectivity index (χ3v) is 12.9. The number of amides is 4. The Morgan fingerprint density at radius 3 is 2.00 bits per heavy atom. The number of phenolic OH excluding ortho intramolecular Hbond substituents is 1. The van der Waals surface area contributed by atoms with Crippen LogP contribution in [-0.4, -0.2) is 158 Å². The highest BCUT2D eigenvalue weighted by Gasteiger charge is 2.31. The number of unbranched alkanes of at least 4 members (excludes halogenated alkanes) is 2. The quantitative estimate of drug-likeness (QED) is 0.0412. The summed E-state index contributed by atoms with van der Waals surface area (Å²) in [6.45, 7) is 8.87. The van der Waals surface area contributed by atoms with Crippen molar-refractivity contribution in [3.8, 4) is 5.75 Å². The van der Waals surface area contributed by atoms with Crippen molar-refractivity contribution < 1.29 is 61.8 Å². The lowest BCUT2D eigenvalue weighted by Crippen LogP contribution is -2.58. The first-order valence-corrected chi connectivity index (χ1v) is 26.1. The molecule has 4 amide bonds. The number of hydrogen-bond acceptors (Lipinski definition) is 16. The van der Waals surface area contributed by atoms with Crippen LogP contribution in [0, 0.1) is 13.8 Å². The van der Waals surface area contributed by atoms with Crippen molar-refractivity contribution >= 4 is 37.3 Å². The number of rotatable bonds is 29. The molecule has 0 bridgehead atoms. The van der Waals surface area contributed by atoms with Crippen molar-refractivity contribution in [1.29, 1.82) is 0 Å². The summed E-state index contributed by atoms with van der Waals surface area (Å²) in [4.78, 5) is 58.7. The van der Waals surface area contributed by atoms with Gasteiger partial charge in [-0.3, -0.25) is 33.8 Å². The van der Waals surface area contributed by atoms with E-state index in [1.54, 1.807) is 57.4 Å². The normalized spacial score (nSPS) is 20.3. The first-order chi connectivity index (χ1) is 34.2. The van der Waals surface area contributed by atoms with E-state index >= 15 is 0 Å². The topological polar surface area (TPSA) is 321 Å². The van der Waals surface area contributed by atoms with Crippen LogP contribution in [0.15, 0.2) is 47.5 Å². The van der Waals surface area contributed by atoms with Gasteiger partial charge in [0, 0.05) is 46.3 Å². The molecule has 12 N–H and O–H groups in total. The Labute approximate surface area is 418 Å². The highest BCUT2D eigenvalue weighted by Crippen LogP contribution is 2.37. The number of methoxy groups -OCH3 is 1. The lowest BCUT2D eigenvalue weighted by atomic mass is 9.95. The summed E-state index contributed by atoms with van der Waals surface area (Å²) in [5, 5.41) is 24.0. The number of ether oxygens (including phenoxy) is 6. The minimum absolute atomic E-state index is 0.0150. The van der Waals surface area contributed by atoms with Crippen molar-refractivity contribution in [2.75, 3.05) is 99.5 Å². The van der Waals surface area contributed by atoms with E-state index in [9.17, 15) is 28.8 Å². The van der Waals surface area contributed by atoms with E-state index < -0.39 is 55.5 Å². The molecule has 0 saturated heterocycles. The van der Waals surface area contributed by atoms with Gasteiger partial charge in [0.25, 0.3) is 0 Å². The van der Waals surface area contributed by atoms with Crippen LogP contribution in [0.5, 0.6) is 5.75 Å². The van der Waals surface area contributed by atoms with E-state index in [4.69, 9.17) is 50.1 Å². The monoisotopic (exact) mass is 1020 g/mol. The maximum absolute atomic E-state index is 14.2. The third kappa shape index (κ3) is 26.0. The number of aryl methyl sites for hydroxylation is 2. The summed E-state index contributed by atoms with van der Waals surface area (Å²) in [5.74, 6) is -2.85. The van der Waals surface area contributed by atoms with Gasteiger partial charge in [0.05, 0.1) is 72.1 Å². The molecule has 0 spiro atoms. The van der Waals surface area contributed by atoms with Crippen LogP contribution in [-0.2, 0) is 69.5 Å². The number of primary amides is 1. The highest BCUT2D eigenvalue weighted by atomic mass is 31.2. The van der Waals surface area contributed by atoms with Crippen LogP contribution < -0.4 is 43.3 Å². The largest absolute Gasteiger partial charge is 0.508 e. The smallest absolute Gasteiger partial charge is 0.368 e. The molecule has 0 aliphatic carbocycles. The molecule has 0 aromatic heterocycles. The van der Waals surface area contributed by atoms with E-state index in [0.717, 1.165) is 24.8 Å². The van der Waals surface area contributed by atoms with E-state index in [1.807, 2.05) is 6.07 Å². The van der Waals surface area contributed by atoms with E-state index in [-0.39, 0.29) is 70.3 Å². The number of nitrogens with one attached hydrogen (secondary N) is 5. The SMILES string of the molecule is COCCOCCOCCCCCOCCOCCOCCOP1(=O)NCCCC[C@@H](C(=O)N[C@@H](Cc2ccccc2)C(N)=O)NC(=O)[C@H](Cc2c(C)cc(O)cc2C)NC(=O)[C@H](N)CCCN=C(N)N1. The van der Waals surface area contributed by atoms with E-state index in [2.05, 4.69) is 31.1 Å². The molecular formula is C48H80N9O13P. The molecule has 5 atom stereocenters. The van der Waals surface area contributed by atoms with Crippen molar-refractivity contribution in [1.82, 2.24) is 26.1 Å². The van der Waals surface area contributed by atoms with Crippen molar-refractivity contribution in [2.24, 2.45) is 22.2 Å². The van der Waals surface area contributed by atoms with Gasteiger partial charge < -0.3 is 66.7 Å². The molecule has 0 radical (unpaired) electrons. The summed E-state index contributed by atoms with van der Waals surface area (Å²) in [6.07, 6.45) is 4.18. The maximum atomic E-state index is 14.2. The highest BCUT2D eigenvalue weighted by molar-refractivity contribution is 7.55. The summed E-state index contributed by atoms with van der Waals surface area (Å²) < 4.78 is 52.5. The van der Waals surface area contributed by atoms with Crippen LogP contribution in [0.3, 0.4) is 0 Å². The number of hydrogen-bond donors (Lipinski definition) is 9. The average molecular weight is 1020 g/mol. The Morgan fingerprint density at radius 1 is 0.803 bits per heavy atom. The first kappa shape index (κ1) is 60.6. The van der Waals surface area contributed by atoms with Gasteiger partial charge in [-0.1, -0.05) is 30.3 Å². The van der Waals surface area contributed by atoms with Gasteiger partial charge in [-0.05, 0) is 99.6 Å². The summed E-state index contributed by atoms with van der Waals surface area (Å²) in [7, 11) is -2.23. The van der Waals surface area contributed by atoms with Gasteiger partial charge in [0.15, 0.2) is 5.96 Å². The summed E-state index contributed by atoms with van der Waals surface area (Å²) in [5.41, 5.74) is 21.0. The zero-order valence-electron chi connectivity index (χ0n) is 41.8. The van der Waals surface area contributed by atoms with Crippen LogP contribution >= 0.6 is 7.67 Å². The minimum atomic E-state index is -3.87.